The molecule has 3 aromatic rings. The van der Waals surface area contributed by atoms with E-state index < -0.39 is 0 Å². The second kappa shape index (κ2) is 12.0. The number of fused-ring (bicyclic) bond motifs is 1. The average Bonchev–Trinajstić information content (AvgIpc) is 3.64. The Morgan fingerprint density at radius 2 is 1.36 bits per heavy atom. The van der Waals surface area contributed by atoms with Crippen LogP contribution in [-0.2, 0) is 0 Å². The summed E-state index contributed by atoms with van der Waals surface area (Å²) in [6.45, 7) is 0.997. The molecule has 3 aromatic heterocycles. The fraction of sp³-hybridized carbons (Fsp3) is 0.111. The van der Waals surface area contributed by atoms with Crippen LogP contribution in [-0.4, -0.2) is 26.5 Å². The Hall–Kier alpha value is -4.20. The van der Waals surface area contributed by atoms with Gasteiger partial charge < -0.3 is 9.47 Å². The molecule has 0 atom stereocenters. The molecule has 0 aliphatic carbocycles. The summed E-state index contributed by atoms with van der Waals surface area (Å²) in [6, 6.07) is 13.9. The molecule has 0 radical (unpaired) electrons. The van der Waals surface area contributed by atoms with E-state index in [1.807, 2.05) is 48.6 Å². The molecule has 176 valence electrons. The van der Waals surface area contributed by atoms with Crippen molar-refractivity contribution >= 4 is 52.4 Å². The van der Waals surface area contributed by atoms with Gasteiger partial charge in [0.15, 0.2) is 11.5 Å². The Bertz CT molecular complexity index is 1530. The van der Waals surface area contributed by atoms with Crippen LogP contribution in [0.25, 0.3) is 31.7 Å². The maximum absolute atomic E-state index is 9.11. The van der Waals surface area contributed by atoms with Crippen LogP contribution in [0.1, 0.15) is 9.75 Å². The highest BCUT2D eigenvalue weighted by Gasteiger charge is 2.27. The van der Waals surface area contributed by atoms with E-state index in [0.29, 0.717) is 18.8 Å². The first-order valence-electron chi connectivity index (χ1n) is 10.7. The number of rotatable bonds is 7. The number of nitrogens with zero attached hydrogens (tertiary/aromatic N) is 4. The lowest BCUT2D eigenvalue weighted by Gasteiger charge is -2.16. The third-order valence-corrected chi connectivity index (χ3v) is 8.41. The van der Waals surface area contributed by atoms with E-state index in [4.69, 9.17) is 25.3 Å². The molecule has 0 unspecified atom stereocenters. The number of hydrogen-bond acceptors (Lipinski definition) is 9. The fourth-order valence-corrected chi connectivity index (χ4v) is 6.48. The van der Waals surface area contributed by atoms with Crippen LogP contribution in [0, 0.1) is 34.0 Å². The van der Waals surface area contributed by atoms with Crippen molar-refractivity contribution in [3.8, 4) is 49.2 Å². The lowest BCUT2D eigenvalue weighted by molar-refractivity contribution is 0.175. The van der Waals surface area contributed by atoms with Gasteiger partial charge in [-0.25, -0.2) is 0 Å². The molecule has 6 nitrogen and oxygen atoms in total. The van der Waals surface area contributed by atoms with E-state index in [1.54, 1.807) is 53.2 Å². The standard InChI is InChI=1S/C27H18N4O2S3/c1-31-17-19(16-30)5-3-7-21-9-11-23(35-21)27-25-24(32-12-13-33-25)26(36-27)22-10-8-20(34-22)6-2-4-18(14-28)15-29/h2-11,17H,12-13H2,1H3/b6-2+,7-3+,19-5+,31-17+. The Morgan fingerprint density at radius 1 is 0.806 bits per heavy atom. The summed E-state index contributed by atoms with van der Waals surface area (Å²) in [4.78, 5) is 10.1. The van der Waals surface area contributed by atoms with E-state index >= 15 is 0 Å². The highest BCUT2D eigenvalue weighted by molar-refractivity contribution is 7.27. The number of allylic oxidation sites excluding steroid dienone is 6. The van der Waals surface area contributed by atoms with Gasteiger partial charge in [0, 0.05) is 32.8 Å². The molecule has 36 heavy (non-hydrogen) atoms. The van der Waals surface area contributed by atoms with Crippen molar-refractivity contribution in [3.05, 3.63) is 69.5 Å². The molecule has 0 saturated carbocycles. The first kappa shape index (κ1) is 24.9. The van der Waals surface area contributed by atoms with Crippen LogP contribution in [0.3, 0.4) is 0 Å². The molecule has 0 bridgehead atoms. The summed E-state index contributed by atoms with van der Waals surface area (Å²) in [5, 5.41) is 26.8. The maximum atomic E-state index is 9.11. The Morgan fingerprint density at radius 3 is 1.86 bits per heavy atom. The molecule has 0 fully saturated rings. The molecule has 0 aromatic carbocycles. The maximum Gasteiger partial charge on any atom is 0.181 e. The van der Waals surface area contributed by atoms with Crippen molar-refractivity contribution in [1.82, 2.24) is 0 Å². The molecule has 1 aliphatic rings. The van der Waals surface area contributed by atoms with Crippen LogP contribution >= 0.6 is 34.0 Å². The van der Waals surface area contributed by atoms with Gasteiger partial charge in [-0.1, -0.05) is 12.2 Å². The molecule has 0 spiro atoms. The van der Waals surface area contributed by atoms with Gasteiger partial charge in [0.25, 0.3) is 0 Å². The van der Waals surface area contributed by atoms with E-state index in [-0.39, 0.29) is 5.57 Å². The van der Waals surface area contributed by atoms with E-state index in [2.05, 4.69) is 17.1 Å². The highest BCUT2D eigenvalue weighted by atomic mass is 32.1. The van der Waals surface area contributed by atoms with Crippen molar-refractivity contribution in [2.45, 2.75) is 0 Å². The molecule has 9 heteroatoms. The van der Waals surface area contributed by atoms with Gasteiger partial charge in [-0.15, -0.1) is 34.0 Å². The molecule has 4 heterocycles. The Balaban J connectivity index is 1.62. The van der Waals surface area contributed by atoms with Gasteiger partial charge in [0.1, 0.15) is 37.0 Å². The monoisotopic (exact) mass is 526 g/mol. The minimum atomic E-state index is 0.0621. The van der Waals surface area contributed by atoms with Crippen molar-refractivity contribution in [2.24, 2.45) is 4.99 Å². The van der Waals surface area contributed by atoms with Crippen molar-refractivity contribution in [2.75, 3.05) is 20.3 Å². The van der Waals surface area contributed by atoms with E-state index in [0.717, 1.165) is 40.8 Å². The summed E-state index contributed by atoms with van der Waals surface area (Å²) >= 11 is 4.87. The molecule has 0 N–H and O–H groups in total. The molecular formula is C27H18N4O2S3. The summed E-state index contributed by atoms with van der Waals surface area (Å²) in [5.41, 5.74) is 0.553. The minimum absolute atomic E-state index is 0.0621. The van der Waals surface area contributed by atoms with Crippen molar-refractivity contribution in [1.29, 1.82) is 15.8 Å². The van der Waals surface area contributed by atoms with Crippen LogP contribution in [0.2, 0.25) is 0 Å². The summed E-state index contributed by atoms with van der Waals surface area (Å²) in [5.74, 6) is 1.53. The number of hydrogen-bond donors (Lipinski definition) is 0. The highest BCUT2D eigenvalue weighted by Crippen LogP contribution is 2.55. The SMILES string of the molecule is C/N=C/C(C#N)=C/C=C/c1ccc(-c2sc(-c3ccc(/C=C/C=C(C#N)C#N)s3)c3c2OCCO3)s1. The van der Waals surface area contributed by atoms with Gasteiger partial charge in [-0.05, 0) is 48.6 Å². The van der Waals surface area contributed by atoms with Crippen LogP contribution in [0.4, 0.5) is 0 Å². The smallest absolute Gasteiger partial charge is 0.181 e. The third kappa shape index (κ3) is 5.71. The molecule has 4 rings (SSSR count). The van der Waals surface area contributed by atoms with Gasteiger partial charge in [0.05, 0.1) is 15.3 Å². The lowest BCUT2D eigenvalue weighted by atomic mass is 10.2. The quantitative estimate of drug-likeness (QED) is 0.185. The van der Waals surface area contributed by atoms with Gasteiger partial charge in [-0.2, -0.15) is 15.8 Å². The van der Waals surface area contributed by atoms with Gasteiger partial charge in [0.2, 0.25) is 0 Å². The average molecular weight is 527 g/mol. The van der Waals surface area contributed by atoms with E-state index in [9.17, 15) is 0 Å². The molecule has 0 amide bonds. The second-order valence-electron chi connectivity index (χ2n) is 7.16. The largest absolute Gasteiger partial charge is 0.485 e. The molecule has 0 saturated heterocycles. The summed E-state index contributed by atoms with van der Waals surface area (Å²) in [6.07, 6.45) is 12.1. The van der Waals surface area contributed by atoms with E-state index in [1.165, 1.54) is 12.3 Å². The molecular weight excluding hydrogens is 509 g/mol. The predicted octanol–water partition coefficient (Wildman–Crippen LogP) is 7.13. The first-order valence-corrected chi connectivity index (χ1v) is 13.1. The van der Waals surface area contributed by atoms with Gasteiger partial charge in [-0.3, -0.25) is 4.99 Å². The zero-order valence-corrected chi connectivity index (χ0v) is 21.5. The predicted molar refractivity (Wildman–Crippen MR) is 147 cm³/mol. The first-order chi connectivity index (χ1) is 17.7. The number of nitriles is 3. The number of aliphatic imine (C=N–C) groups is 1. The van der Waals surface area contributed by atoms with Gasteiger partial charge >= 0.3 is 0 Å². The minimum Gasteiger partial charge on any atom is -0.485 e. The number of thiophene rings is 3. The Kier molecular flexibility index (Phi) is 8.28. The number of ether oxygens (including phenoxy) is 2. The van der Waals surface area contributed by atoms with Crippen LogP contribution in [0.15, 0.2) is 64.7 Å². The zero-order valence-electron chi connectivity index (χ0n) is 19.1. The summed E-state index contributed by atoms with van der Waals surface area (Å²) < 4.78 is 12.1. The fourth-order valence-electron chi connectivity index (χ4n) is 3.24. The van der Waals surface area contributed by atoms with Crippen LogP contribution < -0.4 is 9.47 Å². The lowest BCUT2D eigenvalue weighted by Crippen LogP contribution is -2.14. The topological polar surface area (TPSA) is 102 Å². The van der Waals surface area contributed by atoms with Crippen LogP contribution in [0.5, 0.6) is 11.5 Å². The summed E-state index contributed by atoms with van der Waals surface area (Å²) in [7, 11) is 1.63. The Labute approximate surface area is 220 Å². The molecule has 1 aliphatic heterocycles. The second-order valence-corrected chi connectivity index (χ2v) is 10.4. The van der Waals surface area contributed by atoms with Crippen molar-refractivity contribution in [3.63, 3.8) is 0 Å². The normalized spacial score (nSPS) is 13.1. The van der Waals surface area contributed by atoms with Crippen molar-refractivity contribution < 1.29 is 9.47 Å². The zero-order chi connectivity index (χ0) is 25.3. The third-order valence-electron chi connectivity index (χ3n) is 4.80.